The highest BCUT2D eigenvalue weighted by Gasteiger charge is 2.29. The SMILES string of the molecule is CC1NCCC1C(=O)Nc1ccc(N2CCCCC2)nc1. The average Bonchev–Trinajstić information content (AvgIpc) is 2.95. The third-order valence-corrected chi connectivity index (χ3v) is 4.56. The summed E-state index contributed by atoms with van der Waals surface area (Å²) in [7, 11) is 0. The number of anilines is 2. The maximum Gasteiger partial charge on any atom is 0.229 e. The summed E-state index contributed by atoms with van der Waals surface area (Å²) in [6, 6.07) is 4.23. The highest BCUT2D eigenvalue weighted by molar-refractivity contribution is 5.93. The van der Waals surface area contributed by atoms with Crippen LogP contribution in [0.5, 0.6) is 0 Å². The Kier molecular flexibility index (Phi) is 4.39. The van der Waals surface area contributed by atoms with Crippen LogP contribution in [0.1, 0.15) is 32.6 Å². The number of hydrogen-bond donors (Lipinski definition) is 2. The van der Waals surface area contributed by atoms with Gasteiger partial charge in [-0.05, 0) is 51.3 Å². The maximum absolute atomic E-state index is 12.2. The predicted molar refractivity (Wildman–Crippen MR) is 84.5 cm³/mol. The average molecular weight is 288 g/mol. The second-order valence-corrected chi connectivity index (χ2v) is 6.08. The molecule has 3 rings (SSSR count). The van der Waals surface area contributed by atoms with Crippen molar-refractivity contribution in [2.45, 2.75) is 38.6 Å². The van der Waals surface area contributed by atoms with Crippen LogP contribution in [0.15, 0.2) is 18.3 Å². The molecule has 0 spiro atoms. The van der Waals surface area contributed by atoms with Crippen molar-refractivity contribution >= 4 is 17.4 Å². The first kappa shape index (κ1) is 14.3. The van der Waals surface area contributed by atoms with Crippen LogP contribution in [0.4, 0.5) is 11.5 Å². The van der Waals surface area contributed by atoms with E-state index in [1.165, 1.54) is 19.3 Å². The summed E-state index contributed by atoms with van der Waals surface area (Å²) in [6.45, 7) is 5.16. The molecular formula is C16H24N4O. The van der Waals surface area contributed by atoms with Crippen LogP contribution in [0.2, 0.25) is 0 Å². The Labute approximate surface area is 126 Å². The molecule has 0 radical (unpaired) electrons. The lowest BCUT2D eigenvalue weighted by molar-refractivity contribution is -0.120. The van der Waals surface area contributed by atoms with Gasteiger partial charge in [-0.25, -0.2) is 4.98 Å². The van der Waals surface area contributed by atoms with E-state index in [1.54, 1.807) is 6.20 Å². The zero-order valence-corrected chi connectivity index (χ0v) is 12.6. The highest BCUT2D eigenvalue weighted by Crippen LogP contribution is 2.21. The number of pyridine rings is 1. The number of carbonyl (C=O) groups is 1. The lowest BCUT2D eigenvalue weighted by Gasteiger charge is -2.27. The minimum Gasteiger partial charge on any atom is -0.357 e. The number of rotatable bonds is 3. The third-order valence-electron chi connectivity index (χ3n) is 4.56. The van der Waals surface area contributed by atoms with E-state index in [0.717, 1.165) is 37.6 Å². The fraction of sp³-hybridized carbons (Fsp3) is 0.625. The van der Waals surface area contributed by atoms with Gasteiger partial charge in [0.15, 0.2) is 0 Å². The Bertz CT molecular complexity index is 482. The van der Waals surface area contributed by atoms with Crippen molar-refractivity contribution in [1.29, 1.82) is 0 Å². The summed E-state index contributed by atoms with van der Waals surface area (Å²) in [5.74, 6) is 1.18. The molecule has 1 amide bonds. The van der Waals surface area contributed by atoms with Crippen LogP contribution in [0, 0.1) is 5.92 Å². The molecule has 0 aliphatic carbocycles. The van der Waals surface area contributed by atoms with Gasteiger partial charge in [0.25, 0.3) is 0 Å². The zero-order valence-electron chi connectivity index (χ0n) is 12.6. The van der Waals surface area contributed by atoms with E-state index in [9.17, 15) is 4.79 Å². The molecule has 2 aliphatic rings. The van der Waals surface area contributed by atoms with Crippen LogP contribution in [-0.4, -0.2) is 36.6 Å². The first-order valence-corrected chi connectivity index (χ1v) is 7.99. The number of amides is 1. The maximum atomic E-state index is 12.2. The van der Waals surface area contributed by atoms with E-state index < -0.39 is 0 Å². The van der Waals surface area contributed by atoms with Crippen molar-refractivity contribution in [3.8, 4) is 0 Å². The minimum atomic E-state index is 0.0618. The lowest BCUT2D eigenvalue weighted by atomic mass is 10.0. The van der Waals surface area contributed by atoms with Gasteiger partial charge in [0.05, 0.1) is 17.8 Å². The second-order valence-electron chi connectivity index (χ2n) is 6.08. The summed E-state index contributed by atoms with van der Waals surface area (Å²) >= 11 is 0. The Morgan fingerprint density at radius 3 is 2.76 bits per heavy atom. The number of nitrogens with zero attached hydrogens (tertiary/aromatic N) is 2. The number of aromatic nitrogens is 1. The molecule has 3 heterocycles. The Balaban J connectivity index is 1.60. The van der Waals surface area contributed by atoms with E-state index in [4.69, 9.17) is 0 Å². The number of carbonyl (C=O) groups excluding carboxylic acids is 1. The summed E-state index contributed by atoms with van der Waals surface area (Å²) in [5.41, 5.74) is 0.792. The van der Waals surface area contributed by atoms with Crippen molar-refractivity contribution in [1.82, 2.24) is 10.3 Å². The van der Waals surface area contributed by atoms with Gasteiger partial charge in [-0.3, -0.25) is 4.79 Å². The normalized spacial score (nSPS) is 25.9. The fourth-order valence-electron chi connectivity index (χ4n) is 3.22. The van der Waals surface area contributed by atoms with Crippen LogP contribution in [0.3, 0.4) is 0 Å². The summed E-state index contributed by atoms with van der Waals surface area (Å²) in [5, 5.41) is 6.29. The van der Waals surface area contributed by atoms with Gasteiger partial charge in [-0.2, -0.15) is 0 Å². The topological polar surface area (TPSA) is 57.3 Å². The predicted octanol–water partition coefficient (Wildman–Crippen LogP) is 2.01. The monoisotopic (exact) mass is 288 g/mol. The van der Waals surface area contributed by atoms with Gasteiger partial charge in [-0.15, -0.1) is 0 Å². The Morgan fingerprint density at radius 1 is 1.33 bits per heavy atom. The van der Waals surface area contributed by atoms with Gasteiger partial charge in [0.1, 0.15) is 5.82 Å². The molecule has 5 heteroatoms. The molecule has 0 aromatic carbocycles. The molecule has 2 aliphatic heterocycles. The van der Waals surface area contributed by atoms with E-state index in [2.05, 4.69) is 27.4 Å². The van der Waals surface area contributed by atoms with E-state index in [1.807, 2.05) is 12.1 Å². The van der Waals surface area contributed by atoms with Crippen molar-refractivity contribution in [3.05, 3.63) is 18.3 Å². The highest BCUT2D eigenvalue weighted by atomic mass is 16.1. The molecule has 2 saturated heterocycles. The standard InChI is InChI=1S/C16H24N4O/c1-12-14(7-8-17-12)16(21)19-13-5-6-15(18-11-13)20-9-3-2-4-10-20/h5-6,11-12,14,17H,2-4,7-10H2,1H3,(H,19,21). The van der Waals surface area contributed by atoms with E-state index in [-0.39, 0.29) is 17.9 Å². The van der Waals surface area contributed by atoms with Crippen molar-refractivity contribution in [2.75, 3.05) is 29.9 Å². The largest absolute Gasteiger partial charge is 0.357 e. The van der Waals surface area contributed by atoms with E-state index in [0.29, 0.717) is 0 Å². The smallest absolute Gasteiger partial charge is 0.229 e. The van der Waals surface area contributed by atoms with Crippen molar-refractivity contribution < 1.29 is 4.79 Å². The molecule has 0 saturated carbocycles. The summed E-state index contributed by atoms with van der Waals surface area (Å²) in [6.07, 6.45) is 6.49. The first-order valence-electron chi connectivity index (χ1n) is 7.99. The number of nitrogens with one attached hydrogen (secondary N) is 2. The molecule has 1 aromatic rings. The van der Waals surface area contributed by atoms with Crippen LogP contribution < -0.4 is 15.5 Å². The summed E-state index contributed by atoms with van der Waals surface area (Å²) in [4.78, 5) is 19.0. The van der Waals surface area contributed by atoms with Crippen molar-refractivity contribution in [3.63, 3.8) is 0 Å². The molecule has 21 heavy (non-hydrogen) atoms. The van der Waals surface area contributed by atoms with E-state index >= 15 is 0 Å². The quantitative estimate of drug-likeness (QED) is 0.893. The van der Waals surface area contributed by atoms with Crippen LogP contribution >= 0.6 is 0 Å². The molecule has 0 bridgehead atoms. The Hall–Kier alpha value is -1.62. The van der Waals surface area contributed by atoms with Gasteiger partial charge in [0, 0.05) is 19.1 Å². The molecule has 2 unspecified atom stereocenters. The number of piperidine rings is 1. The second kappa shape index (κ2) is 6.43. The summed E-state index contributed by atoms with van der Waals surface area (Å²) < 4.78 is 0. The van der Waals surface area contributed by atoms with Crippen LogP contribution in [-0.2, 0) is 4.79 Å². The molecule has 2 N–H and O–H groups in total. The van der Waals surface area contributed by atoms with Crippen LogP contribution in [0.25, 0.3) is 0 Å². The van der Waals surface area contributed by atoms with Gasteiger partial charge < -0.3 is 15.5 Å². The molecule has 2 atom stereocenters. The molecular weight excluding hydrogens is 264 g/mol. The van der Waals surface area contributed by atoms with Gasteiger partial charge in [-0.1, -0.05) is 0 Å². The lowest BCUT2D eigenvalue weighted by Crippen LogP contribution is -2.32. The minimum absolute atomic E-state index is 0.0618. The fourth-order valence-corrected chi connectivity index (χ4v) is 3.22. The third kappa shape index (κ3) is 3.35. The first-order chi connectivity index (χ1) is 10.2. The van der Waals surface area contributed by atoms with Gasteiger partial charge in [0.2, 0.25) is 5.91 Å². The number of hydrogen-bond acceptors (Lipinski definition) is 4. The Morgan fingerprint density at radius 2 is 2.14 bits per heavy atom. The molecule has 1 aromatic heterocycles. The molecule has 2 fully saturated rings. The van der Waals surface area contributed by atoms with Gasteiger partial charge >= 0.3 is 0 Å². The zero-order chi connectivity index (χ0) is 14.7. The van der Waals surface area contributed by atoms with Crippen molar-refractivity contribution in [2.24, 2.45) is 5.92 Å². The molecule has 114 valence electrons. The molecule has 5 nitrogen and oxygen atoms in total.